The van der Waals surface area contributed by atoms with Crippen LogP contribution in [0.3, 0.4) is 0 Å². The number of nitrogens with zero attached hydrogens (tertiary/aromatic N) is 2. The molecule has 0 spiro atoms. The average Bonchev–Trinajstić information content (AvgIpc) is 3.23. The lowest BCUT2D eigenvalue weighted by atomic mass is 10.0. The summed E-state index contributed by atoms with van der Waals surface area (Å²) in [5.41, 5.74) is 0. The van der Waals surface area contributed by atoms with Crippen molar-refractivity contribution in [3.8, 4) is 0 Å². The molecule has 2 heterocycles. The molecule has 2 fully saturated rings. The zero-order chi connectivity index (χ0) is 12.4. The highest BCUT2D eigenvalue weighted by Gasteiger charge is 2.31. The van der Waals surface area contributed by atoms with Crippen LogP contribution in [0, 0.1) is 0 Å². The van der Waals surface area contributed by atoms with E-state index < -0.39 is 0 Å². The number of hydrogen-bond acceptors (Lipinski definition) is 3. The molecular weight excluding hydrogens is 246 g/mol. The molecule has 98 valence electrons. The summed E-state index contributed by atoms with van der Waals surface area (Å²) in [7, 11) is 0. The van der Waals surface area contributed by atoms with Crippen molar-refractivity contribution in [3.63, 3.8) is 0 Å². The van der Waals surface area contributed by atoms with Gasteiger partial charge in [0, 0.05) is 24.8 Å². The predicted octanol–water partition coefficient (Wildman–Crippen LogP) is 2.85. The Morgan fingerprint density at radius 3 is 2.78 bits per heavy atom. The minimum Gasteiger partial charge on any atom is -0.352 e. The summed E-state index contributed by atoms with van der Waals surface area (Å²) in [4.78, 5) is 6.93. The van der Waals surface area contributed by atoms with Crippen molar-refractivity contribution in [1.29, 1.82) is 0 Å². The number of piperidine rings is 1. The minimum atomic E-state index is 0.622. The lowest BCUT2D eigenvalue weighted by Gasteiger charge is -2.31. The van der Waals surface area contributed by atoms with Gasteiger partial charge in [0.1, 0.15) is 5.82 Å². The molecule has 1 aromatic heterocycles. The van der Waals surface area contributed by atoms with Crippen LogP contribution in [0.15, 0.2) is 18.3 Å². The Kier molecular flexibility index (Phi) is 3.71. The van der Waals surface area contributed by atoms with Crippen LogP contribution in [-0.2, 0) is 0 Å². The molecule has 0 bridgehead atoms. The second-order valence-electron chi connectivity index (χ2n) is 5.36. The van der Waals surface area contributed by atoms with Crippen LogP contribution in [0.2, 0.25) is 5.02 Å². The highest BCUT2D eigenvalue weighted by Crippen LogP contribution is 2.31. The van der Waals surface area contributed by atoms with Gasteiger partial charge >= 0.3 is 0 Å². The summed E-state index contributed by atoms with van der Waals surface area (Å²) < 4.78 is 0. The van der Waals surface area contributed by atoms with E-state index in [1.807, 2.05) is 12.1 Å². The second kappa shape index (κ2) is 5.45. The lowest BCUT2D eigenvalue weighted by molar-refractivity contribution is 0.397. The second-order valence-corrected chi connectivity index (χ2v) is 5.80. The fourth-order valence-electron chi connectivity index (χ4n) is 2.67. The summed E-state index contributed by atoms with van der Waals surface area (Å²) >= 11 is 5.91. The first-order valence-corrected chi connectivity index (χ1v) is 7.32. The monoisotopic (exact) mass is 265 g/mol. The van der Waals surface area contributed by atoms with Gasteiger partial charge in [-0.05, 0) is 44.4 Å². The van der Waals surface area contributed by atoms with E-state index in [2.05, 4.69) is 15.2 Å². The van der Waals surface area contributed by atoms with Crippen LogP contribution >= 0.6 is 11.6 Å². The number of pyridine rings is 1. The summed E-state index contributed by atoms with van der Waals surface area (Å²) in [6, 6.07) is 5.30. The number of hydrogen-bond donors (Lipinski definition) is 1. The molecule has 0 radical (unpaired) electrons. The van der Waals surface area contributed by atoms with Crippen molar-refractivity contribution in [2.75, 3.05) is 18.0 Å². The number of anilines is 1. The van der Waals surface area contributed by atoms with Gasteiger partial charge in [-0.25, -0.2) is 4.98 Å². The smallest absolute Gasteiger partial charge is 0.128 e. The van der Waals surface area contributed by atoms with Gasteiger partial charge in [-0.2, -0.15) is 0 Å². The minimum absolute atomic E-state index is 0.622. The molecule has 0 amide bonds. The third kappa shape index (κ3) is 2.96. The van der Waals surface area contributed by atoms with Crippen LogP contribution in [0.5, 0.6) is 0 Å². The van der Waals surface area contributed by atoms with Crippen LogP contribution in [0.1, 0.15) is 32.1 Å². The van der Waals surface area contributed by atoms with E-state index in [9.17, 15) is 0 Å². The first-order valence-electron chi connectivity index (χ1n) is 6.94. The van der Waals surface area contributed by atoms with Crippen LogP contribution < -0.4 is 10.2 Å². The fraction of sp³-hybridized carbons (Fsp3) is 0.643. The molecule has 1 saturated heterocycles. The Morgan fingerprint density at radius 2 is 2.17 bits per heavy atom. The third-order valence-corrected chi connectivity index (χ3v) is 4.05. The molecule has 1 aromatic rings. The van der Waals surface area contributed by atoms with Crippen molar-refractivity contribution in [1.82, 2.24) is 10.3 Å². The molecule has 1 aliphatic heterocycles. The maximum atomic E-state index is 5.91. The zero-order valence-corrected chi connectivity index (χ0v) is 11.4. The van der Waals surface area contributed by atoms with Crippen LogP contribution in [-0.4, -0.2) is 30.2 Å². The van der Waals surface area contributed by atoms with Gasteiger partial charge < -0.3 is 10.2 Å². The van der Waals surface area contributed by atoms with Gasteiger partial charge in [0.15, 0.2) is 0 Å². The maximum Gasteiger partial charge on any atom is 0.128 e. The van der Waals surface area contributed by atoms with E-state index in [-0.39, 0.29) is 0 Å². The summed E-state index contributed by atoms with van der Waals surface area (Å²) in [6.07, 6.45) is 8.31. The molecular formula is C14H20ClN3. The van der Waals surface area contributed by atoms with Crippen LogP contribution in [0.25, 0.3) is 0 Å². The normalized spacial score (nSPS) is 23.9. The molecule has 4 heteroatoms. The van der Waals surface area contributed by atoms with Gasteiger partial charge in [0.05, 0.1) is 5.02 Å². The predicted molar refractivity (Wildman–Crippen MR) is 75.3 cm³/mol. The van der Waals surface area contributed by atoms with Crippen molar-refractivity contribution in [2.24, 2.45) is 0 Å². The topological polar surface area (TPSA) is 28.2 Å². The average molecular weight is 266 g/mol. The van der Waals surface area contributed by atoms with E-state index in [0.717, 1.165) is 18.9 Å². The molecule has 1 saturated carbocycles. The van der Waals surface area contributed by atoms with E-state index in [1.54, 1.807) is 6.20 Å². The molecule has 3 rings (SSSR count). The Morgan fingerprint density at radius 1 is 1.28 bits per heavy atom. The molecule has 3 nitrogen and oxygen atoms in total. The molecule has 1 unspecified atom stereocenters. The molecule has 1 atom stereocenters. The van der Waals surface area contributed by atoms with E-state index in [4.69, 9.17) is 11.6 Å². The number of rotatable bonds is 4. The molecule has 1 N–H and O–H groups in total. The summed E-state index contributed by atoms with van der Waals surface area (Å²) in [5, 5.41) is 4.33. The summed E-state index contributed by atoms with van der Waals surface area (Å²) in [6.45, 7) is 2.25. The van der Waals surface area contributed by atoms with Crippen LogP contribution in [0.4, 0.5) is 5.82 Å². The SMILES string of the molecule is Clc1ccc(N(CC2CCCCN2)C2CC2)nc1. The van der Waals surface area contributed by atoms with E-state index in [1.165, 1.54) is 32.1 Å². The van der Waals surface area contributed by atoms with Crippen molar-refractivity contribution in [2.45, 2.75) is 44.2 Å². The Bertz CT molecular complexity index is 383. The molecule has 0 aromatic carbocycles. The third-order valence-electron chi connectivity index (χ3n) is 3.82. The number of halogens is 1. The lowest BCUT2D eigenvalue weighted by Crippen LogP contribution is -2.44. The molecule has 2 aliphatic rings. The highest BCUT2D eigenvalue weighted by atomic mass is 35.5. The van der Waals surface area contributed by atoms with Gasteiger partial charge in [0.2, 0.25) is 0 Å². The van der Waals surface area contributed by atoms with Crippen molar-refractivity contribution >= 4 is 17.4 Å². The molecule has 18 heavy (non-hydrogen) atoms. The van der Waals surface area contributed by atoms with E-state index >= 15 is 0 Å². The Labute approximate surface area is 114 Å². The fourth-order valence-corrected chi connectivity index (χ4v) is 2.78. The Balaban J connectivity index is 1.69. The molecule has 1 aliphatic carbocycles. The van der Waals surface area contributed by atoms with Gasteiger partial charge in [-0.1, -0.05) is 18.0 Å². The first kappa shape index (κ1) is 12.2. The zero-order valence-electron chi connectivity index (χ0n) is 10.6. The quantitative estimate of drug-likeness (QED) is 0.907. The first-order chi connectivity index (χ1) is 8.83. The van der Waals surface area contributed by atoms with Crippen molar-refractivity contribution < 1.29 is 0 Å². The van der Waals surface area contributed by atoms with Gasteiger partial charge in [-0.15, -0.1) is 0 Å². The van der Waals surface area contributed by atoms with Gasteiger partial charge in [-0.3, -0.25) is 0 Å². The Hall–Kier alpha value is -0.800. The largest absolute Gasteiger partial charge is 0.352 e. The number of nitrogens with one attached hydrogen (secondary N) is 1. The highest BCUT2D eigenvalue weighted by molar-refractivity contribution is 6.30. The summed E-state index contributed by atoms with van der Waals surface area (Å²) in [5.74, 6) is 1.08. The van der Waals surface area contributed by atoms with Crippen molar-refractivity contribution in [3.05, 3.63) is 23.4 Å². The van der Waals surface area contributed by atoms with Gasteiger partial charge in [0.25, 0.3) is 0 Å². The standard InChI is InChI=1S/C14H20ClN3/c15-11-4-7-14(17-9-11)18(13-5-6-13)10-12-3-1-2-8-16-12/h4,7,9,12-13,16H,1-3,5-6,8,10H2. The maximum absolute atomic E-state index is 5.91. The number of aromatic nitrogens is 1. The van der Waals surface area contributed by atoms with E-state index in [0.29, 0.717) is 17.1 Å².